The van der Waals surface area contributed by atoms with Gasteiger partial charge in [-0.05, 0) is 25.7 Å². The van der Waals surface area contributed by atoms with Gasteiger partial charge in [0.2, 0.25) is 5.91 Å². The van der Waals surface area contributed by atoms with Gasteiger partial charge in [-0.25, -0.2) is 4.79 Å². The highest BCUT2D eigenvalue weighted by Gasteiger charge is 2.49. The van der Waals surface area contributed by atoms with E-state index in [1.165, 1.54) is 0 Å². The van der Waals surface area contributed by atoms with Crippen LogP contribution in [0, 0.1) is 5.41 Å². The molecule has 6 nitrogen and oxygen atoms in total. The molecule has 3 rings (SSSR count). The van der Waals surface area contributed by atoms with E-state index < -0.39 is 5.41 Å². The molecule has 3 fully saturated rings. The molecule has 122 valence electrons. The average Bonchev–Trinajstić information content (AvgIpc) is 3.01. The molecule has 3 amide bonds. The maximum atomic E-state index is 11.9. The third kappa shape index (κ3) is 3.24. The van der Waals surface area contributed by atoms with Crippen LogP contribution in [0.3, 0.4) is 0 Å². The number of Topliss-reactive ketones (excluding diaryl/α,β-unsaturated/α-hetero) is 1. The van der Waals surface area contributed by atoms with Crippen molar-refractivity contribution in [3.8, 4) is 0 Å². The lowest BCUT2D eigenvalue weighted by atomic mass is 9.95. The summed E-state index contributed by atoms with van der Waals surface area (Å²) in [5.41, 5.74) is 4.84. The number of carbonyl (C=O) groups excluding carboxylic acids is 3. The van der Waals surface area contributed by atoms with Crippen LogP contribution >= 0.6 is 11.8 Å². The number of hydrogen-bond acceptors (Lipinski definition) is 4. The van der Waals surface area contributed by atoms with Crippen molar-refractivity contribution in [1.82, 2.24) is 10.6 Å². The molecule has 2 saturated heterocycles. The molecule has 2 aliphatic heterocycles. The van der Waals surface area contributed by atoms with Crippen LogP contribution in [0.2, 0.25) is 0 Å². The fourth-order valence-corrected chi connectivity index (χ4v) is 4.98. The molecular weight excluding hydrogens is 302 g/mol. The van der Waals surface area contributed by atoms with Crippen LogP contribution in [0.5, 0.6) is 0 Å². The molecule has 3 unspecified atom stereocenters. The van der Waals surface area contributed by atoms with E-state index in [4.69, 9.17) is 5.73 Å². The van der Waals surface area contributed by atoms with Gasteiger partial charge in [0.05, 0.1) is 17.5 Å². The van der Waals surface area contributed by atoms with Gasteiger partial charge in [-0.2, -0.15) is 11.8 Å². The topological polar surface area (TPSA) is 101 Å². The fourth-order valence-electron chi connectivity index (χ4n) is 3.44. The van der Waals surface area contributed by atoms with Gasteiger partial charge in [-0.1, -0.05) is 6.42 Å². The summed E-state index contributed by atoms with van der Waals surface area (Å²) < 4.78 is 0. The van der Waals surface area contributed by atoms with Crippen LogP contribution in [-0.2, 0) is 9.59 Å². The molecule has 0 spiro atoms. The minimum atomic E-state index is -0.509. The van der Waals surface area contributed by atoms with E-state index in [9.17, 15) is 14.4 Å². The second-order valence-corrected chi connectivity index (χ2v) is 8.00. The molecule has 1 saturated carbocycles. The van der Waals surface area contributed by atoms with Gasteiger partial charge >= 0.3 is 6.03 Å². The van der Waals surface area contributed by atoms with Crippen LogP contribution in [0.25, 0.3) is 0 Å². The number of amides is 3. The van der Waals surface area contributed by atoms with Crippen molar-refractivity contribution in [2.24, 2.45) is 11.1 Å². The maximum absolute atomic E-state index is 11.9. The first-order valence-corrected chi connectivity index (χ1v) is 9.05. The fraction of sp³-hybridized carbons (Fsp3) is 0.800. The van der Waals surface area contributed by atoms with Gasteiger partial charge in [0.1, 0.15) is 5.78 Å². The molecule has 0 aromatic carbocycles. The number of unbranched alkanes of at least 4 members (excludes halogenated alkanes) is 1. The Bertz CT molecular complexity index is 492. The van der Waals surface area contributed by atoms with E-state index in [2.05, 4.69) is 10.6 Å². The van der Waals surface area contributed by atoms with Crippen molar-refractivity contribution < 1.29 is 14.4 Å². The minimum absolute atomic E-state index is 0.0586. The monoisotopic (exact) mass is 325 g/mol. The van der Waals surface area contributed by atoms with E-state index in [0.717, 1.165) is 37.9 Å². The van der Waals surface area contributed by atoms with Crippen LogP contribution in [0.4, 0.5) is 4.79 Å². The highest BCUT2D eigenvalue weighted by Crippen LogP contribution is 2.48. The van der Waals surface area contributed by atoms with E-state index in [-0.39, 0.29) is 29.8 Å². The van der Waals surface area contributed by atoms with Gasteiger partial charge in [-0.15, -0.1) is 0 Å². The van der Waals surface area contributed by atoms with Crippen LogP contribution in [-0.4, -0.2) is 40.8 Å². The maximum Gasteiger partial charge on any atom is 0.315 e. The van der Waals surface area contributed by atoms with Crippen LogP contribution < -0.4 is 16.4 Å². The number of nitrogens with one attached hydrogen (secondary N) is 2. The molecule has 0 aromatic rings. The van der Waals surface area contributed by atoms with Gasteiger partial charge in [0.25, 0.3) is 0 Å². The molecule has 4 N–H and O–H groups in total. The Kier molecular flexibility index (Phi) is 4.34. The highest BCUT2D eigenvalue weighted by atomic mass is 32.2. The molecule has 0 radical (unpaired) electrons. The summed E-state index contributed by atoms with van der Waals surface area (Å²) in [5, 5.41) is 6.35. The summed E-state index contributed by atoms with van der Waals surface area (Å²) in [4.78, 5) is 34.5. The van der Waals surface area contributed by atoms with E-state index in [1.807, 2.05) is 11.8 Å². The van der Waals surface area contributed by atoms with Crippen molar-refractivity contribution in [2.45, 2.75) is 62.3 Å². The first-order valence-electron chi connectivity index (χ1n) is 8.00. The third-order valence-corrected chi connectivity index (χ3v) is 6.55. The zero-order valence-corrected chi connectivity index (χ0v) is 13.4. The zero-order valence-electron chi connectivity index (χ0n) is 12.6. The second kappa shape index (κ2) is 6.10. The van der Waals surface area contributed by atoms with Crippen LogP contribution in [0.15, 0.2) is 0 Å². The van der Waals surface area contributed by atoms with Gasteiger partial charge in [0, 0.05) is 23.8 Å². The Morgan fingerprint density at radius 1 is 1.27 bits per heavy atom. The lowest BCUT2D eigenvalue weighted by Crippen LogP contribution is -2.36. The summed E-state index contributed by atoms with van der Waals surface area (Å²) >= 11 is 1.90. The minimum Gasteiger partial charge on any atom is -0.369 e. The highest BCUT2D eigenvalue weighted by molar-refractivity contribution is 8.00. The number of fused-ring (bicyclic) bond motifs is 1. The van der Waals surface area contributed by atoms with Crippen molar-refractivity contribution in [2.75, 3.05) is 5.75 Å². The third-order valence-electron chi connectivity index (χ3n) is 5.04. The summed E-state index contributed by atoms with van der Waals surface area (Å²) in [7, 11) is 0. The van der Waals surface area contributed by atoms with Crippen molar-refractivity contribution in [1.29, 1.82) is 0 Å². The summed E-state index contributed by atoms with van der Waals surface area (Å²) in [5.74, 6) is 0.802. The summed E-state index contributed by atoms with van der Waals surface area (Å²) in [6.45, 7) is 0. The lowest BCUT2D eigenvalue weighted by molar-refractivity contribution is -0.128. The summed E-state index contributed by atoms with van der Waals surface area (Å²) in [6.07, 6.45) is 5.24. The Hall–Kier alpha value is -1.24. The molecule has 22 heavy (non-hydrogen) atoms. The molecule has 0 bridgehead atoms. The standard InChI is InChI=1S/C15H23N3O3S/c16-13(20)15(5-6-15)7-9(19)3-1-2-4-11-12-10(8-22-11)17-14(21)18-12/h10-12H,1-8H2,(H2,16,20)(H2,17,18,21). The Labute approximate surface area is 134 Å². The van der Waals surface area contributed by atoms with Gasteiger partial charge in [-0.3, -0.25) is 9.59 Å². The average molecular weight is 325 g/mol. The number of thioether (sulfide) groups is 1. The first kappa shape index (κ1) is 15.6. The SMILES string of the molecule is NC(=O)C1(CC(=O)CCCCC2SCC3NC(=O)NC32)CC1. The largest absolute Gasteiger partial charge is 0.369 e. The Balaban J connectivity index is 1.33. The molecular formula is C15H23N3O3S. The Morgan fingerprint density at radius 2 is 2.05 bits per heavy atom. The number of carbonyl (C=O) groups is 3. The van der Waals surface area contributed by atoms with E-state index >= 15 is 0 Å². The quantitative estimate of drug-likeness (QED) is 0.456. The van der Waals surface area contributed by atoms with Crippen molar-refractivity contribution in [3.63, 3.8) is 0 Å². The predicted molar refractivity (Wildman–Crippen MR) is 84.4 cm³/mol. The number of urea groups is 1. The van der Waals surface area contributed by atoms with Gasteiger partial charge in [0.15, 0.2) is 0 Å². The van der Waals surface area contributed by atoms with Crippen LogP contribution in [0.1, 0.15) is 44.9 Å². The van der Waals surface area contributed by atoms with E-state index in [0.29, 0.717) is 18.1 Å². The number of ketones is 1. The number of hydrogen-bond donors (Lipinski definition) is 3. The molecule has 7 heteroatoms. The lowest BCUT2D eigenvalue weighted by Gasteiger charge is -2.16. The molecule has 3 atom stereocenters. The normalized spacial score (nSPS) is 31.3. The number of nitrogens with two attached hydrogens (primary N) is 1. The zero-order chi connectivity index (χ0) is 15.7. The smallest absolute Gasteiger partial charge is 0.315 e. The predicted octanol–water partition coefficient (Wildman–Crippen LogP) is 0.937. The van der Waals surface area contributed by atoms with E-state index in [1.54, 1.807) is 0 Å². The number of primary amides is 1. The van der Waals surface area contributed by atoms with Crippen molar-refractivity contribution in [3.05, 3.63) is 0 Å². The van der Waals surface area contributed by atoms with Gasteiger partial charge < -0.3 is 16.4 Å². The number of rotatable bonds is 8. The molecule has 2 heterocycles. The molecule has 1 aliphatic carbocycles. The summed E-state index contributed by atoms with van der Waals surface area (Å²) in [6, 6.07) is 0.434. The Morgan fingerprint density at radius 3 is 2.73 bits per heavy atom. The molecule has 3 aliphatic rings. The molecule has 0 aromatic heterocycles. The second-order valence-electron chi connectivity index (χ2n) is 6.73. The van der Waals surface area contributed by atoms with Crippen molar-refractivity contribution >= 4 is 29.5 Å². The first-order chi connectivity index (χ1) is 10.5.